The number of anilines is 2. The van der Waals surface area contributed by atoms with E-state index in [0.29, 0.717) is 35.0 Å². The third-order valence-electron chi connectivity index (χ3n) is 5.97. The average molecular weight is 584 g/mol. The molecule has 4 N–H and O–H groups in total. The van der Waals surface area contributed by atoms with E-state index in [1.807, 2.05) is 25.1 Å². The van der Waals surface area contributed by atoms with Crippen molar-refractivity contribution in [1.82, 2.24) is 0 Å². The maximum Gasteiger partial charge on any atom is 0.247 e. The summed E-state index contributed by atoms with van der Waals surface area (Å²) in [5, 5.41) is 19.2. The summed E-state index contributed by atoms with van der Waals surface area (Å²) >= 11 is 0. The van der Waals surface area contributed by atoms with Gasteiger partial charge in [-0.05, 0) is 64.1 Å². The molecule has 10 heteroatoms. The number of rotatable bonds is 0. The zero-order chi connectivity index (χ0) is 29.8. The van der Waals surface area contributed by atoms with Crippen LogP contribution in [0.4, 0.5) is 11.4 Å². The minimum atomic E-state index is -1.06. The van der Waals surface area contributed by atoms with Gasteiger partial charge >= 0.3 is 0 Å². The summed E-state index contributed by atoms with van der Waals surface area (Å²) in [6.07, 6.45) is 0. The number of nitrogens with zero attached hydrogens (tertiary/aromatic N) is 2. The van der Waals surface area contributed by atoms with Gasteiger partial charge in [0.25, 0.3) is 0 Å². The molecule has 0 saturated heterocycles. The van der Waals surface area contributed by atoms with Crippen LogP contribution < -0.4 is 25.0 Å². The quantitative estimate of drug-likeness (QED) is 0.407. The van der Waals surface area contributed by atoms with Crippen LogP contribution in [-0.2, 0) is 9.59 Å². The Bertz CT molecular complexity index is 1300. The highest BCUT2D eigenvalue weighted by Crippen LogP contribution is 2.33. The highest BCUT2D eigenvalue weighted by molar-refractivity contribution is 5.99. The minimum Gasteiger partial charge on any atom is -0.491 e. The van der Waals surface area contributed by atoms with E-state index >= 15 is 0 Å². The SMILES string of the molecule is CN1C(=O)[C@@H](N)COc2ccc(C#CC(C)(C)O)cc21.C[C@H]1COc2ccc(C#CC(C)(C)O)cc2N(C)C1=O.Cl. The van der Waals surface area contributed by atoms with Crippen molar-refractivity contribution in [3.63, 3.8) is 0 Å². The summed E-state index contributed by atoms with van der Waals surface area (Å²) in [6.45, 7) is 8.87. The van der Waals surface area contributed by atoms with Crippen molar-refractivity contribution >= 4 is 35.6 Å². The molecule has 2 aromatic rings. The second-order valence-corrected chi connectivity index (χ2v) is 10.9. The van der Waals surface area contributed by atoms with Gasteiger partial charge in [0, 0.05) is 25.2 Å². The number of hydrogen-bond donors (Lipinski definition) is 3. The molecule has 220 valence electrons. The first-order valence-corrected chi connectivity index (χ1v) is 12.9. The summed E-state index contributed by atoms with van der Waals surface area (Å²) in [5.41, 5.74) is 6.40. The van der Waals surface area contributed by atoms with Crippen LogP contribution in [0.2, 0.25) is 0 Å². The van der Waals surface area contributed by atoms with Crippen molar-refractivity contribution < 1.29 is 29.3 Å². The molecule has 2 amide bonds. The van der Waals surface area contributed by atoms with Crippen molar-refractivity contribution in [2.45, 2.75) is 51.9 Å². The molecule has 2 aromatic carbocycles. The lowest BCUT2D eigenvalue weighted by atomic mass is 10.1. The van der Waals surface area contributed by atoms with Crippen molar-refractivity contribution in [1.29, 1.82) is 0 Å². The molecule has 0 aromatic heterocycles. The molecule has 0 fully saturated rings. The number of hydrogen-bond acceptors (Lipinski definition) is 7. The van der Waals surface area contributed by atoms with Crippen molar-refractivity contribution in [2.75, 3.05) is 37.1 Å². The van der Waals surface area contributed by atoms with Gasteiger partial charge in [-0.2, -0.15) is 0 Å². The van der Waals surface area contributed by atoms with Crippen LogP contribution >= 0.6 is 12.4 Å². The zero-order valence-electron chi connectivity index (χ0n) is 24.4. The number of benzene rings is 2. The third-order valence-corrected chi connectivity index (χ3v) is 5.97. The Labute approximate surface area is 248 Å². The molecule has 2 heterocycles. The molecule has 0 bridgehead atoms. The number of amides is 2. The Balaban J connectivity index is 0.000000280. The molecule has 0 spiro atoms. The number of ether oxygens (including phenoxy) is 2. The molecular formula is C31H38ClN3O6. The van der Waals surface area contributed by atoms with Crippen LogP contribution in [0, 0.1) is 29.6 Å². The number of carbonyl (C=O) groups is 2. The van der Waals surface area contributed by atoms with E-state index in [0.717, 1.165) is 5.56 Å². The lowest BCUT2D eigenvalue weighted by Gasteiger charge is -2.17. The molecule has 4 rings (SSSR count). The highest BCUT2D eigenvalue weighted by atomic mass is 35.5. The normalized spacial score (nSPS) is 18.1. The Morgan fingerprint density at radius 2 is 1.22 bits per heavy atom. The van der Waals surface area contributed by atoms with E-state index in [4.69, 9.17) is 15.2 Å². The van der Waals surface area contributed by atoms with Crippen molar-refractivity contribution in [2.24, 2.45) is 11.7 Å². The number of carbonyl (C=O) groups excluding carboxylic acids is 2. The van der Waals surface area contributed by atoms with Gasteiger partial charge in [0.1, 0.15) is 35.3 Å². The van der Waals surface area contributed by atoms with Crippen LogP contribution in [0.1, 0.15) is 45.7 Å². The standard InChI is InChI=1S/C16H19NO3.C15H18N2O3.ClH/c1-11-10-20-14-6-5-12(7-8-16(2,3)19)9-13(14)17(4)15(11)18;1-15(2,19)7-6-10-4-5-13-12(8-10)17(3)14(18)11(16)9-20-13;/h5-6,9,11,19H,10H2,1-4H3;4-5,8,11,19H,9,16H2,1-3H3;1H/t2*11-;/m00./s1. The smallest absolute Gasteiger partial charge is 0.247 e. The fourth-order valence-electron chi connectivity index (χ4n) is 3.76. The van der Waals surface area contributed by atoms with Gasteiger partial charge in [-0.15, -0.1) is 12.4 Å². The van der Waals surface area contributed by atoms with Gasteiger partial charge in [-0.1, -0.05) is 30.6 Å². The monoisotopic (exact) mass is 583 g/mol. The molecule has 2 aliphatic heterocycles. The number of halogens is 1. The lowest BCUT2D eigenvalue weighted by molar-refractivity contribution is -0.122. The number of nitrogens with two attached hydrogens (primary N) is 1. The maximum absolute atomic E-state index is 12.1. The molecule has 41 heavy (non-hydrogen) atoms. The first-order chi connectivity index (χ1) is 18.6. The van der Waals surface area contributed by atoms with Gasteiger partial charge in [-0.3, -0.25) is 9.59 Å². The fraction of sp³-hybridized carbons (Fsp3) is 0.419. The predicted octanol–water partition coefficient (Wildman–Crippen LogP) is 2.71. The second kappa shape index (κ2) is 13.3. The lowest BCUT2D eigenvalue weighted by Crippen LogP contribution is -2.43. The molecular weight excluding hydrogens is 546 g/mol. The Morgan fingerprint density at radius 1 is 0.805 bits per heavy atom. The van der Waals surface area contributed by atoms with E-state index in [1.165, 1.54) is 4.90 Å². The summed E-state index contributed by atoms with van der Waals surface area (Å²) < 4.78 is 11.2. The van der Waals surface area contributed by atoms with Crippen LogP contribution in [0.15, 0.2) is 36.4 Å². The van der Waals surface area contributed by atoms with E-state index in [9.17, 15) is 19.8 Å². The molecule has 0 aliphatic carbocycles. The number of fused-ring (bicyclic) bond motifs is 2. The van der Waals surface area contributed by atoms with E-state index in [-0.39, 0.29) is 36.7 Å². The van der Waals surface area contributed by atoms with Crippen LogP contribution in [0.25, 0.3) is 0 Å². The van der Waals surface area contributed by atoms with E-state index in [2.05, 4.69) is 23.7 Å². The van der Waals surface area contributed by atoms with Crippen molar-refractivity contribution in [3.05, 3.63) is 47.5 Å². The Hall–Kier alpha value is -3.73. The van der Waals surface area contributed by atoms with Gasteiger partial charge in [0.05, 0.1) is 23.9 Å². The van der Waals surface area contributed by atoms with Gasteiger partial charge < -0.3 is 35.2 Å². The fourth-order valence-corrected chi connectivity index (χ4v) is 3.76. The predicted molar refractivity (Wildman–Crippen MR) is 161 cm³/mol. The first-order valence-electron chi connectivity index (χ1n) is 12.9. The molecule has 0 radical (unpaired) electrons. The van der Waals surface area contributed by atoms with Crippen LogP contribution in [0.3, 0.4) is 0 Å². The number of aliphatic hydroxyl groups is 2. The highest BCUT2D eigenvalue weighted by Gasteiger charge is 2.27. The Morgan fingerprint density at radius 3 is 1.66 bits per heavy atom. The van der Waals surface area contributed by atoms with Gasteiger partial charge in [-0.25, -0.2) is 0 Å². The largest absolute Gasteiger partial charge is 0.491 e. The molecule has 2 aliphatic rings. The average Bonchev–Trinajstić information content (AvgIpc) is 3.06. The van der Waals surface area contributed by atoms with Crippen LogP contribution in [0.5, 0.6) is 11.5 Å². The van der Waals surface area contributed by atoms with E-state index < -0.39 is 17.2 Å². The van der Waals surface area contributed by atoms with Crippen molar-refractivity contribution in [3.8, 4) is 35.2 Å². The van der Waals surface area contributed by atoms with Crippen LogP contribution in [-0.4, -0.2) is 66.6 Å². The molecule has 0 saturated carbocycles. The molecule has 2 atom stereocenters. The molecule has 0 unspecified atom stereocenters. The summed E-state index contributed by atoms with van der Waals surface area (Å²) in [6, 6.07) is 10.1. The topological polar surface area (TPSA) is 126 Å². The van der Waals surface area contributed by atoms with Gasteiger partial charge in [0.15, 0.2) is 0 Å². The summed E-state index contributed by atoms with van der Waals surface area (Å²) in [7, 11) is 3.39. The molecule has 9 nitrogen and oxygen atoms in total. The third kappa shape index (κ3) is 9.14. The number of likely N-dealkylation sites (N-methyl/N-ethyl adjacent to an activating group) is 1. The zero-order valence-corrected chi connectivity index (χ0v) is 25.3. The maximum atomic E-state index is 12.1. The summed E-state index contributed by atoms with van der Waals surface area (Å²) in [5.74, 6) is 12.2. The van der Waals surface area contributed by atoms with E-state index in [1.54, 1.807) is 64.9 Å². The summed E-state index contributed by atoms with van der Waals surface area (Å²) in [4.78, 5) is 27.2. The first kappa shape index (κ1) is 33.5. The second-order valence-electron chi connectivity index (χ2n) is 10.9. The minimum absolute atomic E-state index is 0. The Kier molecular flexibility index (Phi) is 10.8. The van der Waals surface area contributed by atoms with Gasteiger partial charge in [0.2, 0.25) is 11.8 Å².